The minimum Gasteiger partial charge on any atom is -0.494 e. The zero-order valence-electron chi connectivity index (χ0n) is 9.85. The lowest BCUT2D eigenvalue weighted by molar-refractivity contribution is 0.340. The first-order chi connectivity index (χ1) is 8.35. The van der Waals surface area contributed by atoms with Gasteiger partial charge in [0.15, 0.2) is 0 Å². The molecule has 17 heavy (non-hydrogen) atoms. The Bertz CT molecular complexity index is 480. The molecule has 0 aliphatic heterocycles. The van der Waals surface area contributed by atoms with Crippen LogP contribution in [-0.2, 0) is 6.42 Å². The molecule has 4 nitrogen and oxygen atoms in total. The van der Waals surface area contributed by atoms with E-state index in [9.17, 15) is 0 Å². The predicted molar refractivity (Wildman–Crippen MR) is 65.9 cm³/mol. The van der Waals surface area contributed by atoms with E-state index in [0.29, 0.717) is 13.2 Å². The smallest absolute Gasteiger partial charge is 0.127 e. The number of nitrogens with two attached hydrogens (primary N) is 1. The number of ether oxygens (including phenoxy) is 1. The Hall–Kier alpha value is -1.81. The Kier molecular flexibility index (Phi) is 3.77. The van der Waals surface area contributed by atoms with Crippen molar-refractivity contribution in [1.82, 2.24) is 5.16 Å². The average molecular weight is 232 g/mol. The van der Waals surface area contributed by atoms with Gasteiger partial charge in [0.2, 0.25) is 0 Å². The van der Waals surface area contributed by atoms with Crippen LogP contribution in [-0.4, -0.2) is 18.3 Å². The molecule has 0 saturated carbocycles. The summed E-state index contributed by atoms with van der Waals surface area (Å²) in [6.07, 6.45) is 2.41. The third kappa shape index (κ3) is 2.65. The molecule has 0 aliphatic carbocycles. The van der Waals surface area contributed by atoms with Crippen molar-refractivity contribution >= 4 is 0 Å². The second kappa shape index (κ2) is 5.50. The van der Waals surface area contributed by atoms with Crippen molar-refractivity contribution in [2.24, 2.45) is 5.73 Å². The van der Waals surface area contributed by atoms with Gasteiger partial charge >= 0.3 is 0 Å². The summed E-state index contributed by atoms with van der Waals surface area (Å²) in [6.45, 7) is 3.19. The van der Waals surface area contributed by atoms with Gasteiger partial charge in [-0.1, -0.05) is 17.3 Å². The summed E-state index contributed by atoms with van der Waals surface area (Å²) in [5.41, 5.74) is 8.42. The van der Waals surface area contributed by atoms with Crippen molar-refractivity contribution in [3.05, 3.63) is 36.1 Å². The van der Waals surface area contributed by atoms with E-state index in [4.69, 9.17) is 15.0 Å². The highest BCUT2D eigenvalue weighted by atomic mass is 16.5. The number of hydrogen-bond acceptors (Lipinski definition) is 4. The quantitative estimate of drug-likeness (QED) is 0.858. The lowest BCUT2D eigenvalue weighted by atomic mass is 10.1. The lowest BCUT2D eigenvalue weighted by Gasteiger charge is -2.05. The molecule has 0 aliphatic rings. The van der Waals surface area contributed by atoms with E-state index in [2.05, 4.69) is 5.16 Å². The predicted octanol–water partition coefficient (Wildman–Crippen LogP) is 2.24. The average Bonchev–Trinajstić information content (AvgIpc) is 2.79. The summed E-state index contributed by atoms with van der Waals surface area (Å²) in [4.78, 5) is 0. The van der Waals surface area contributed by atoms with Crippen molar-refractivity contribution in [2.45, 2.75) is 13.3 Å². The van der Waals surface area contributed by atoms with Crippen LogP contribution in [0.1, 0.15) is 12.5 Å². The zero-order valence-corrected chi connectivity index (χ0v) is 9.85. The normalized spacial score (nSPS) is 10.5. The van der Waals surface area contributed by atoms with Crippen LogP contribution in [0.25, 0.3) is 11.3 Å². The number of rotatable bonds is 5. The van der Waals surface area contributed by atoms with Crippen LogP contribution in [0.3, 0.4) is 0 Å². The van der Waals surface area contributed by atoms with Gasteiger partial charge in [-0.15, -0.1) is 0 Å². The second-order valence-corrected chi connectivity index (χ2v) is 3.69. The highest BCUT2D eigenvalue weighted by molar-refractivity contribution is 5.64. The SMILES string of the molecule is CCOc1cccc(-c2nocc2CCN)c1. The molecule has 90 valence electrons. The van der Waals surface area contributed by atoms with E-state index in [-0.39, 0.29) is 0 Å². The fraction of sp³-hybridized carbons (Fsp3) is 0.308. The summed E-state index contributed by atoms with van der Waals surface area (Å²) >= 11 is 0. The van der Waals surface area contributed by atoms with Gasteiger partial charge in [-0.05, 0) is 32.0 Å². The minimum absolute atomic E-state index is 0.583. The molecular weight excluding hydrogens is 216 g/mol. The molecule has 1 aromatic heterocycles. The topological polar surface area (TPSA) is 61.3 Å². The minimum atomic E-state index is 0.583. The first-order valence-electron chi connectivity index (χ1n) is 5.71. The van der Waals surface area contributed by atoms with Crippen molar-refractivity contribution in [3.8, 4) is 17.0 Å². The largest absolute Gasteiger partial charge is 0.494 e. The monoisotopic (exact) mass is 232 g/mol. The molecule has 2 rings (SSSR count). The first kappa shape index (κ1) is 11.7. The Balaban J connectivity index is 2.31. The van der Waals surface area contributed by atoms with Crippen molar-refractivity contribution in [1.29, 1.82) is 0 Å². The summed E-state index contributed by atoms with van der Waals surface area (Å²) in [6, 6.07) is 7.82. The van der Waals surface area contributed by atoms with E-state index < -0.39 is 0 Å². The van der Waals surface area contributed by atoms with Crippen LogP contribution in [0.15, 0.2) is 35.1 Å². The fourth-order valence-electron chi connectivity index (χ4n) is 1.73. The molecule has 0 unspecified atom stereocenters. The van der Waals surface area contributed by atoms with Gasteiger partial charge in [-0.3, -0.25) is 0 Å². The van der Waals surface area contributed by atoms with Crippen LogP contribution in [0.5, 0.6) is 5.75 Å². The van der Waals surface area contributed by atoms with Gasteiger partial charge in [0.1, 0.15) is 17.7 Å². The van der Waals surface area contributed by atoms with Crippen LogP contribution in [0.4, 0.5) is 0 Å². The molecule has 0 radical (unpaired) electrons. The number of aromatic nitrogens is 1. The van der Waals surface area contributed by atoms with Gasteiger partial charge in [-0.2, -0.15) is 0 Å². The molecule has 0 bridgehead atoms. The molecule has 0 amide bonds. The van der Waals surface area contributed by atoms with E-state index in [0.717, 1.165) is 29.0 Å². The molecule has 0 saturated heterocycles. The van der Waals surface area contributed by atoms with E-state index in [1.807, 2.05) is 31.2 Å². The van der Waals surface area contributed by atoms with Crippen molar-refractivity contribution in [2.75, 3.05) is 13.2 Å². The van der Waals surface area contributed by atoms with E-state index in [1.165, 1.54) is 0 Å². The molecular formula is C13H16N2O2. The maximum Gasteiger partial charge on any atom is 0.127 e. The number of nitrogens with zero attached hydrogens (tertiary/aromatic N) is 1. The molecule has 0 atom stereocenters. The van der Waals surface area contributed by atoms with Crippen molar-refractivity contribution in [3.63, 3.8) is 0 Å². The van der Waals surface area contributed by atoms with Gasteiger partial charge in [0, 0.05) is 11.1 Å². The van der Waals surface area contributed by atoms with E-state index in [1.54, 1.807) is 6.26 Å². The van der Waals surface area contributed by atoms with Crippen LogP contribution in [0, 0.1) is 0 Å². The maximum absolute atomic E-state index is 5.55. The molecule has 2 N–H and O–H groups in total. The van der Waals surface area contributed by atoms with E-state index >= 15 is 0 Å². The zero-order chi connectivity index (χ0) is 12.1. The number of benzene rings is 1. The number of hydrogen-bond donors (Lipinski definition) is 1. The Morgan fingerprint density at radius 1 is 1.41 bits per heavy atom. The standard InChI is InChI=1S/C13H16N2O2/c1-2-16-12-5-3-4-10(8-12)13-11(6-7-14)9-17-15-13/h3-5,8-9H,2,6-7,14H2,1H3. The van der Waals surface area contributed by atoms with Crippen LogP contribution < -0.4 is 10.5 Å². The van der Waals surface area contributed by atoms with Gasteiger partial charge in [0.05, 0.1) is 6.61 Å². The Morgan fingerprint density at radius 2 is 2.29 bits per heavy atom. The lowest BCUT2D eigenvalue weighted by Crippen LogP contribution is -2.02. The summed E-state index contributed by atoms with van der Waals surface area (Å²) in [5, 5.41) is 4.02. The molecule has 0 spiro atoms. The third-order valence-corrected chi connectivity index (χ3v) is 2.48. The molecule has 0 fully saturated rings. The van der Waals surface area contributed by atoms with Crippen LogP contribution in [0.2, 0.25) is 0 Å². The van der Waals surface area contributed by atoms with Gasteiger partial charge in [-0.25, -0.2) is 0 Å². The first-order valence-corrected chi connectivity index (χ1v) is 5.71. The highest BCUT2D eigenvalue weighted by Crippen LogP contribution is 2.25. The summed E-state index contributed by atoms with van der Waals surface area (Å²) < 4.78 is 10.5. The summed E-state index contributed by atoms with van der Waals surface area (Å²) in [7, 11) is 0. The highest BCUT2D eigenvalue weighted by Gasteiger charge is 2.10. The van der Waals surface area contributed by atoms with Crippen LogP contribution >= 0.6 is 0 Å². The molecule has 1 aromatic carbocycles. The maximum atomic E-state index is 5.55. The van der Waals surface area contributed by atoms with Crippen molar-refractivity contribution < 1.29 is 9.26 Å². The third-order valence-electron chi connectivity index (χ3n) is 2.48. The summed E-state index contributed by atoms with van der Waals surface area (Å²) in [5.74, 6) is 0.840. The van der Waals surface area contributed by atoms with Gasteiger partial charge in [0.25, 0.3) is 0 Å². The molecule has 2 aromatic rings. The molecule has 4 heteroatoms. The molecule has 1 heterocycles. The second-order valence-electron chi connectivity index (χ2n) is 3.69. The Labute approximate surface area is 100 Å². The van der Waals surface area contributed by atoms with Gasteiger partial charge < -0.3 is 15.0 Å². The fourth-order valence-corrected chi connectivity index (χ4v) is 1.73. The Morgan fingerprint density at radius 3 is 3.06 bits per heavy atom.